The fourth-order valence-corrected chi connectivity index (χ4v) is 1.62. The van der Waals surface area contributed by atoms with Crippen molar-refractivity contribution in [3.63, 3.8) is 0 Å². The van der Waals surface area contributed by atoms with Gasteiger partial charge in [0.15, 0.2) is 0 Å². The predicted octanol–water partition coefficient (Wildman–Crippen LogP) is 1.24. The Morgan fingerprint density at radius 1 is 1.39 bits per heavy atom. The monoisotopic (exact) mass is 247 g/mol. The lowest BCUT2D eigenvalue weighted by Gasteiger charge is -2.04. The van der Waals surface area contributed by atoms with Crippen LogP contribution >= 0.6 is 0 Å². The number of hydrogen-bond acceptors (Lipinski definition) is 5. The number of nitro benzene ring substituents is 1. The Morgan fingerprint density at radius 2 is 2.11 bits per heavy atom. The van der Waals surface area contributed by atoms with Gasteiger partial charge in [-0.3, -0.25) is 10.1 Å². The van der Waals surface area contributed by atoms with E-state index in [4.69, 9.17) is 0 Å². The molecule has 0 amide bonds. The molecule has 94 valence electrons. The number of benzene rings is 1. The number of nitro groups is 1. The van der Waals surface area contributed by atoms with Crippen LogP contribution in [0, 0.1) is 10.1 Å². The summed E-state index contributed by atoms with van der Waals surface area (Å²) in [5.74, 6) is 0. The number of para-hydroxylation sites is 2. The molecule has 0 radical (unpaired) electrons. The highest BCUT2D eigenvalue weighted by atomic mass is 16.6. The van der Waals surface area contributed by atoms with Crippen LogP contribution in [-0.2, 0) is 6.54 Å². The second-order valence-corrected chi connectivity index (χ2v) is 4.14. The average molecular weight is 247 g/mol. The van der Waals surface area contributed by atoms with Crippen LogP contribution in [0.3, 0.4) is 0 Å². The molecule has 0 aliphatic carbocycles. The quantitative estimate of drug-likeness (QED) is 0.600. The molecule has 0 bridgehead atoms. The molecule has 0 N–H and O–H groups in total. The molecule has 0 fully saturated rings. The predicted molar refractivity (Wildman–Crippen MR) is 65.4 cm³/mol. The van der Waals surface area contributed by atoms with E-state index >= 15 is 0 Å². The van der Waals surface area contributed by atoms with Gasteiger partial charge in [-0.1, -0.05) is 17.3 Å². The number of hydrogen-bond donors (Lipinski definition) is 0. The lowest BCUT2D eigenvalue weighted by molar-refractivity contribution is -0.384. The van der Waals surface area contributed by atoms with E-state index < -0.39 is 4.92 Å². The van der Waals surface area contributed by atoms with Crippen LogP contribution in [0.5, 0.6) is 0 Å². The molecule has 0 spiro atoms. The maximum absolute atomic E-state index is 10.9. The van der Waals surface area contributed by atoms with Gasteiger partial charge in [-0.05, 0) is 20.2 Å². The van der Waals surface area contributed by atoms with Crippen LogP contribution in [0.25, 0.3) is 5.69 Å². The van der Waals surface area contributed by atoms with Crippen molar-refractivity contribution in [3.05, 3.63) is 46.3 Å². The molecule has 7 nitrogen and oxygen atoms in total. The summed E-state index contributed by atoms with van der Waals surface area (Å²) >= 11 is 0. The van der Waals surface area contributed by atoms with Gasteiger partial charge in [-0.2, -0.15) is 0 Å². The molecule has 1 heterocycles. The first-order valence-electron chi connectivity index (χ1n) is 5.37. The van der Waals surface area contributed by atoms with E-state index in [0.717, 1.165) is 5.69 Å². The highest BCUT2D eigenvalue weighted by molar-refractivity contribution is 5.51. The molecule has 0 saturated heterocycles. The first-order chi connectivity index (χ1) is 8.58. The molecule has 18 heavy (non-hydrogen) atoms. The van der Waals surface area contributed by atoms with Crippen molar-refractivity contribution in [2.24, 2.45) is 0 Å². The fourth-order valence-electron chi connectivity index (χ4n) is 1.62. The molecule has 2 aromatic rings. The van der Waals surface area contributed by atoms with Gasteiger partial charge < -0.3 is 4.90 Å². The number of rotatable bonds is 4. The first kappa shape index (κ1) is 12.2. The van der Waals surface area contributed by atoms with Gasteiger partial charge >= 0.3 is 0 Å². The minimum Gasteiger partial charge on any atom is -0.303 e. The van der Waals surface area contributed by atoms with Crippen molar-refractivity contribution >= 4 is 5.69 Å². The van der Waals surface area contributed by atoms with Crippen LogP contribution in [0.4, 0.5) is 5.69 Å². The molecule has 0 unspecified atom stereocenters. The average Bonchev–Trinajstić information content (AvgIpc) is 2.76. The Morgan fingerprint density at radius 3 is 2.78 bits per heavy atom. The van der Waals surface area contributed by atoms with Crippen molar-refractivity contribution in [2.75, 3.05) is 14.1 Å². The van der Waals surface area contributed by atoms with Crippen molar-refractivity contribution in [3.8, 4) is 5.69 Å². The Kier molecular flexibility index (Phi) is 3.33. The van der Waals surface area contributed by atoms with Crippen molar-refractivity contribution in [1.29, 1.82) is 0 Å². The lowest BCUT2D eigenvalue weighted by atomic mass is 10.3. The largest absolute Gasteiger partial charge is 0.303 e. The zero-order chi connectivity index (χ0) is 13.1. The summed E-state index contributed by atoms with van der Waals surface area (Å²) < 4.78 is 1.43. The fraction of sp³-hybridized carbons (Fsp3) is 0.273. The molecule has 0 aliphatic rings. The third-order valence-electron chi connectivity index (χ3n) is 2.34. The Hall–Kier alpha value is -2.28. The molecule has 7 heteroatoms. The smallest absolute Gasteiger partial charge is 0.294 e. The van der Waals surface area contributed by atoms with Gasteiger partial charge in [-0.15, -0.1) is 5.10 Å². The minimum absolute atomic E-state index is 0.0128. The van der Waals surface area contributed by atoms with Gasteiger partial charge in [0.1, 0.15) is 5.69 Å². The third-order valence-corrected chi connectivity index (χ3v) is 2.34. The maximum Gasteiger partial charge on any atom is 0.294 e. The Labute approximate surface area is 104 Å². The zero-order valence-corrected chi connectivity index (χ0v) is 10.1. The normalized spacial score (nSPS) is 10.8. The first-order valence-corrected chi connectivity index (χ1v) is 5.37. The van der Waals surface area contributed by atoms with E-state index in [9.17, 15) is 10.1 Å². The summed E-state index contributed by atoms with van der Waals surface area (Å²) in [6.07, 6.45) is 1.70. The second kappa shape index (κ2) is 4.92. The molecule has 0 saturated carbocycles. The third kappa shape index (κ3) is 2.51. The zero-order valence-electron chi connectivity index (χ0n) is 10.1. The summed E-state index contributed by atoms with van der Waals surface area (Å²) in [5, 5.41) is 18.8. The Balaban J connectivity index is 2.37. The van der Waals surface area contributed by atoms with Crippen LogP contribution in [0.15, 0.2) is 30.5 Å². The van der Waals surface area contributed by atoms with Gasteiger partial charge in [-0.25, -0.2) is 4.68 Å². The number of aromatic nitrogens is 3. The summed E-state index contributed by atoms with van der Waals surface area (Å²) in [6, 6.07) is 6.45. The molecular formula is C11H13N5O2. The lowest BCUT2D eigenvalue weighted by Crippen LogP contribution is -2.10. The minimum atomic E-state index is -0.428. The SMILES string of the molecule is CN(C)Cc1cn(-c2ccccc2[N+](=O)[O-])nn1. The Bertz CT molecular complexity index is 564. The van der Waals surface area contributed by atoms with E-state index in [0.29, 0.717) is 12.2 Å². The maximum atomic E-state index is 10.9. The topological polar surface area (TPSA) is 77.1 Å². The summed E-state index contributed by atoms with van der Waals surface area (Å²) in [6.45, 7) is 0.640. The highest BCUT2D eigenvalue weighted by Gasteiger charge is 2.15. The van der Waals surface area contributed by atoms with Crippen molar-refractivity contribution in [2.45, 2.75) is 6.54 Å². The van der Waals surface area contributed by atoms with Gasteiger partial charge in [0.05, 0.1) is 16.8 Å². The van der Waals surface area contributed by atoms with E-state index in [-0.39, 0.29) is 5.69 Å². The number of nitrogens with zero attached hydrogens (tertiary/aromatic N) is 5. The van der Waals surface area contributed by atoms with E-state index in [1.807, 2.05) is 19.0 Å². The van der Waals surface area contributed by atoms with Crippen LogP contribution in [-0.4, -0.2) is 38.9 Å². The van der Waals surface area contributed by atoms with E-state index in [2.05, 4.69) is 10.3 Å². The van der Waals surface area contributed by atoms with E-state index in [1.54, 1.807) is 24.4 Å². The van der Waals surface area contributed by atoms with E-state index in [1.165, 1.54) is 10.7 Å². The second-order valence-electron chi connectivity index (χ2n) is 4.14. The van der Waals surface area contributed by atoms with Crippen LogP contribution in [0.1, 0.15) is 5.69 Å². The highest BCUT2D eigenvalue weighted by Crippen LogP contribution is 2.21. The van der Waals surface area contributed by atoms with Crippen LogP contribution in [0.2, 0.25) is 0 Å². The van der Waals surface area contributed by atoms with Gasteiger partial charge in [0, 0.05) is 12.6 Å². The molecule has 2 rings (SSSR count). The molecular weight excluding hydrogens is 234 g/mol. The van der Waals surface area contributed by atoms with Crippen molar-refractivity contribution < 1.29 is 4.92 Å². The van der Waals surface area contributed by atoms with Gasteiger partial charge in [0.2, 0.25) is 0 Å². The molecule has 0 atom stereocenters. The molecule has 1 aromatic heterocycles. The summed E-state index contributed by atoms with van der Waals surface area (Å²) in [4.78, 5) is 12.4. The van der Waals surface area contributed by atoms with Crippen molar-refractivity contribution in [1.82, 2.24) is 19.9 Å². The van der Waals surface area contributed by atoms with Gasteiger partial charge in [0.25, 0.3) is 5.69 Å². The molecule has 1 aromatic carbocycles. The summed E-state index contributed by atoms with van der Waals surface area (Å²) in [5.41, 5.74) is 1.19. The summed E-state index contributed by atoms with van der Waals surface area (Å²) in [7, 11) is 3.84. The molecule has 0 aliphatic heterocycles. The van der Waals surface area contributed by atoms with Crippen LogP contribution < -0.4 is 0 Å². The standard InChI is InChI=1S/C11H13N5O2/c1-14(2)7-9-8-15(13-12-9)10-5-3-4-6-11(10)16(17)18/h3-6,8H,7H2,1-2H3.